The van der Waals surface area contributed by atoms with Crippen LogP contribution >= 0.6 is 7.82 Å². The van der Waals surface area contributed by atoms with E-state index in [0.717, 1.165) is 51.4 Å². The van der Waals surface area contributed by atoms with Gasteiger partial charge in [-0.05, 0) is 57.8 Å². The second kappa shape index (κ2) is 31.3. The van der Waals surface area contributed by atoms with Gasteiger partial charge in [-0.1, -0.05) is 109 Å². The minimum Gasteiger partial charge on any atom is -0.457 e. The van der Waals surface area contributed by atoms with Crippen LogP contribution in [0.1, 0.15) is 149 Å². The molecule has 272 valence electrons. The number of unbranched alkanes of at least 4 members (excludes halogenated alkanes) is 16. The molecular weight excluding hydrogens is 601 g/mol. The molecule has 0 aromatic carbocycles. The Bertz CT molecular complexity index is 797. The third-order valence-electron chi connectivity index (χ3n) is 7.72. The molecular formula is C37H73NO7P+. The lowest BCUT2D eigenvalue weighted by atomic mass is 10.1. The molecule has 0 heterocycles. The molecule has 0 saturated carbocycles. The standard InChI is InChI=1S/C37H72NO7P/c1-6-8-10-12-14-16-18-19-20-21-23-25-27-29-32-42-34-36(35-44-46(40,41)43-33-31-38(3,4)5)45-37(39)30-28-26-24-22-17-15-13-11-9-7-2/h11,13,16,18,36H,6-10,12,14-15,17,19-35H2,1-5H3/p+1/b13-11-,18-16-. The van der Waals surface area contributed by atoms with Crippen LogP contribution in [0.5, 0.6) is 0 Å². The van der Waals surface area contributed by atoms with Gasteiger partial charge in [-0.3, -0.25) is 13.8 Å². The Kier molecular flexibility index (Phi) is 30.6. The number of quaternary nitrogens is 1. The van der Waals surface area contributed by atoms with E-state index in [2.05, 4.69) is 38.2 Å². The fourth-order valence-electron chi connectivity index (χ4n) is 4.78. The highest BCUT2D eigenvalue weighted by Crippen LogP contribution is 2.43. The molecule has 2 atom stereocenters. The molecule has 0 aromatic heterocycles. The molecule has 8 nitrogen and oxygen atoms in total. The maximum atomic E-state index is 12.6. The molecule has 0 aliphatic carbocycles. The van der Waals surface area contributed by atoms with Gasteiger partial charge in [0, 0.05) is 13.0 Å². The number of ether oxygens (including phenoxy) is 2. The van der Waals surface area contributed by atoms with Gasteiger partial charge in [-0.2, -0.15) is 0 Å². The molecule has 46 heavy (non-hydrogen) atoms. The first-order chi connectivity index (χ1) is 22.1. The number of likely N-dealkylation sites (N-methyl/N-ethyl adjacent to an activating group) is 1. The molecule has 0 rings (SSSR count). The van der Waals surface area contributed by atoms with Crippen LogP contribution in [0.25, 0.3) is 0 Å². The lowest BCUT2D eigenvalue weighted by Gasteiger charge is -2.24. The summed E-state index contributed by atoms with van der Waals surface area (Å²) in [7, 11) is 1.66. The molecule has 0 spiro atoms. The van der Waals surface area contributed by atoms with Gasteiger partial charge in [0.2, 0.25) is 0 Å². The molecule has 9 heteroatoms. The second-order valence-electron chi connectivity index (χ2n) is 13.6. The van der Waals surface area contributed by atoms with Crippen LogP contribution in [0.2, 0.25) is 0 Å². The fraction of sp³-hybridized carbons (Fsp3) is 0.865. The highest BCUT2D eigenvalue weighted by Gasteiger charge is 2.26. The zero-order valence-corrected chi connectivity index (χ0v) is 31.5. The number of nitrogens with zero attached hydrogens (tertiary/aromatic N) is 1. The number of hydrogen-bond donors (Lipinski definition) is 1. The maximum Gasteiger partial charge on any atom is 0.472 e. The SMILES string of the molecule is CCC/C=C\CCCCCCCC(=O)OC(COCCCCCCCC/C=C\CCCCCC)COP(=O)(O)OCC[N+](C)(C)C. The summed E-state index contributed by atoms with van der Waals surface area (Å²) in [5.74, 6) is -0.329. The Morgan fingerprint density at radius 3 is 1.74 bits per heavy atom. The minimum absolute atomic E-state index is 0.0864. The van der Waals surface area contributed by atoms with Crippen LogP contribution in [-0.4, -0.2) is 75.6 Å². The predicted molar refractivity (Wildman–Crippen MR) is 192 cm³/mol. The Morgan fingerprint density at radius 2 is 1.17 bits per heavy atom. The van der Waals surface area contributed by atoms with Gasteiger partial charge in [-0.25, -0.2) is 4.57 Å². The van der Waals surface area contributed by atoms with Crippen LogP contribution in [0.15, 0.2) is 24.3 Å². The fourth-order valence-corrected chi connectivity index (χ4v) is 5.52. The van der Waals surface area contributed by atoms with Crippen molar-refractivity contribution in [2.24, 2.45) is 0 Å². The molecule has 2 unspecified atom stereocenters. The Hall–Kier alpha value is -1.02. The Balaban J connectivity index is 4.31. The average molecular weight is 675 g/mol. The monoisotopic (exact) mass is 675 g/mol. The van der Waals surface area contributed by atoms with Crippen molar-refractivity contribution in [2.45, 2.75) is 155 Å². The summed E-state index contributed by atoms with van der Waals surface area (Å²) in [6.45, 7) is 5.51. The van der Waals surface area contributed by atoms with Gasteiger partial charge in [0.1, 0.15) is 19.3 Å². The van der Waals surface area contributed by atoms with E-state index in [4.69, 9.17) is 18.5 Å². The number of esters is 1. The third kappa shape index (κ3) is 34.3. The Labute approximate surface area is 283 Å². The van der Waals surface area contributed by atoms with Crippen LogP contribution in [0, 0.1) is 0 Å². The summed E-state index contributed by atoms with van der Waals surface area (Å²) in [6, 6.07) is 0. The van der Waals surface area contributed by atoms with E-state index < -0.39 is 13.9 Å². The molecule has 1 N–H and O–H groups in total. The van der Waals surface area contributed by atoms with Crippen molar-refractivity contribution in [3.05, 3.63) is 24.3 Å². The van der Waals surface area contributed by atoms with Crippen LogP contribution in [-0.2, 0) is 27.9 Å². The molecule has 0 fully saturated rings. The average Bonchev–Trinajstić information content (AvgIpc) is 2.99. The van der Waals surface area contributed by atoms with E-state index in [1.807, 2.05) is 21.1 Å². The molecule has 0 aromatic rings. The topological polar surface area (TPSA) is 91.3 Å². The largest absolute Gasteiger partial charge is 0.472 e. The van der Waals surface area contributed by atoms with Crippen molar-refractivity contribution in [1.29, 1.82) is 0 Å². The number of carbonyl (C=O) groups excluding carboxylic acids is 1. The van der Waals surface area contributed by atoms with Gasteiger partial charge >= 0.3 is 13.8 Å². The zero-order valence-electron chi connectivity index (χ0n) is 30.6. The lowest BCUT2D eigenvalue weighted by molar-refractivity contribution is -0.870. The van der Waals surface area contributed by atoms with Gasteiger partial charge in [0.25, 0.3) is 0 Å². The molecule has 0 aliphatic rings. The summed E-state index contributed by atoms with van der Waals surface area (Å²) >= 11 is 0. The van der Waals surface area contributed by atoms with Crippen LogP contribution in [0.3, 0.4) is 0 Å². The van der Waals surface area contributed by atoms with E-state index in [1.165, 1.54) is 77.0 Å². The molecule has 0 radical (unpaired) electrons. The normalized spacial score (nSPS) is 14.3. The summed E-state index contributed by atoms with van der Waals surface area (Å²) in [6.07, 6.45) is 32.0. The first-order valence-electron chi connectivity index (χ1n) is 18.6. The summed E-state index contributed by atoms with van der Waals surface area (Å²) in [4.78, 5) is 22.7. The summed E-state index contributed by atoms with van der Waals surface area (Å²) < 4.78 is 34.8. The van der Waals surface area contributed by atoms with Crippen LogP contribution in [0.4, 0.5) is 0 Å². The minimum atomic E-state index is -4.26. The number of rotatable bonds is 34. The zero-order chi connectivity index (χ0) is 34.2. The quantitative estimate of drug-likeness (QED) is 0.0239. The number of allylic oxidation sites excluding steroid dienone is 4. The van der Waals surface area contributed by atoms with Crippen molar-refractivity contribution >= 4 is 13.8 Å². The van der Waals surface area contributed by atoms with Gasteiger partial charge < -0.3 is 18.9 Å². The van der Waals surface area contributed by atoms with Crippen molar-refractivity contribution < 1.29 is 37.3 Å². The van der Waals surface area contributed by atoms with Crippen molar-refractivity contribution in [3.8, 4) is 0 Å². The molecule has 0 bridgehead atoms. The number of carbonyl (C=O) groups is 1. The highest BCUT2D eigenvalue weighted by molar-refractivity contribution is 7.47. The Morgan fingerprint density at radius 1 is 0.652 bits per heavy atom. The smallest absolute Gasteiger partial charge is 0.457 e. The number of phosphoric acid groups is 1. The molecule has 0 saturated heterocycles. The third-order valence-corrected chi connectivity index (χ3v) is 8.70. The number of hydrogen-bond acceptors (Lipinski definition) is 6. The lowest BCUT2D eigenvalue weighted by Crippen LogP contribution is -2.37. The first-order valence-corrected chi connectivity index (χ1v) is 20.1. The van der Waals surface area contributed by atoms with E-state index in [9.17, 15) is 14.3 Å². The maximum absolute atomic E-state index is 12.6. The van der Waals surface area contributed by atoms with Gasteiger partial charge in [-0.15, -0.1) is 0 Å². The van der Waals surface area contributed by atoms with Crippen molar-refractivity contribution in [2.75, 3.05) is 54.1 Å². The van der Waals surface area contributed by atoms with E-state index >= 15 is 0 Å². The van der Waals surface area contributed by atoms with Gasteiger partial charge in [0.05, 0.1) is 34.4 Å². The van der Waals surface area contributed by atoms with E-state index in [-0.39, 0.29) is 25.8 Å². The van der Waals surface area contributed by atoms with Crippen LogP contribution < -0.4 is 0 Å². The predicted octanol–water partition coefficient (Wildman–Crippen LogP) is 10.1. The first kappa shape index (κ1) is 45.0. The van der Waals surface area contributed by atoms with E-state index in [0.29, 0.717) is 24.1 Å². The summed E-state index contributed by atoms with van der Waals surface area (Å²) in [5.41, 5.74) is 0. The van der Waals surface area contributed by atoms with Gasteiger partial charge in [0.15, 0.2) is 0 Å². The molecule has 0 amide bonds. The number of phosphoric ester groups is 1. The van der Waals surface area contributed by atoms with Crippen molar-refractivity contribution in [1.82, 2.24) is 0 Å². The van der Waals surface area contributed by atoms with Crippen molar-refractivity contribution in [3.63, 3.8) is 0 Å². The van der Waals surface area contributed by atoms with E-state index in [1.54, 1.807) is 0 Å². The highest BCUT2D eigenvalue weighted by atomic mass is 31.2. The molecule has 0 aliphatic heterocycles. The second-order valence-corrected chi connectivity index (χ2v) is 15.0. The summed E-state index contributed by atoms with van der Waals surface area (Å²) in [5, 5.41) is 0.